The topological polar surface area (TPSA) is 67.9 Å². The molecule has 0 atom stereocenters. The molecule has 0 aromatic heterocycles. The number of nitrogens with one attached hydrogen (secondary N) is 1. The zero-order valence-electron chi connectivity index (χ0n) is 14.1. The standard InChI is InChI=1S/C17H24N2O4/c1-12(20)19(17(2,3)4)8-7-16(21)18-10-13-5-6-14-15(9-13)23-11-22-14/h5-6,9H,7-8,10-11H2,1-4H3,(H,18,21). The summed E-state index contributed by atoms with van der Waals surface area (Å²) in [5.74, 6) is 1.31. The van der Waals surface area contributed by atoms with E-state index in [9.17, 15) is 9.59 Å². The van der Waals surface area contributed by atoms with Gasteiger partial charge in [-0.25, -0.2) is 0 Å². The van der Waals surface area contributed by atoms with E-state index >= 15 is 0 Å². The molecule has 0 fully saturated rings. The summed E-state index contributed by atoms with van der Waals surface area (Å²) >= 11 is 0. The van der Waals surface area contributed by atoms with Gasteiger partial charge < -0.3 is 19.7 Å². The Balaban J connectivity index is 1.82. The molecule has 0 bridgehead atoms. The molecule has 0 aliphatic carbocycles. The number of carbonyl (C=O) groups excluding carboxylic acids is 2. The maximum absolute atomic E-state index is 12.0. The average molecular weight is 320 g/mol. The van der Waals surface area contributed by atoms with E-state index in [1.165, 1.54) is 6.92 Å². The summed E-state index contributed by atoms with van der Waals surface area (Å²) in [6.07, 6.45) is 0.279. The predicted octanol–water partition coefficient (Wildman–Crippen LogP) is 2.07. The fourth-order valence-corrected chi connectivity index (χ4v) is 2.52. The molecule has 1 aliphatic heterocycles. The van der Waals surface area contributed by atoms with Crippen molar-refractivity contribution in [3.8, 4) is 11.5 Å². The van der Waals surface area contributed by atoms with Gasteiger partial charge in [-0.3, -0.25) is 9.59 Å². The molecule has 1 aromatic carbocycles. The van der Waals surface area contributed by atoms with Crippen LogP contribution in [0.2, 0.25) is 0 Å². The molecule has 0 unspecified atom stereocenters. The Kier molecular flexibility index (Phi) is 5.13. The van der Waals surface area contributed by atoms with Crippen molar-refractivity contribution in [3.05, 3.63) is 23.8 Å². The minimum atomic E-state index is -0.288. The summed E-state index contributed by atoms with van der Waals surface area (Å²) in [6.45, 7) is 8.46. The van der Waals surface area contributed by atoms with Crippen LogP contribution in [0.15, 0.2) is 18.2 Å². The summed E-state index contributed by atoms with van der Waals surface area (Å²) in [5, 5.41) is 2.86. The molecule has 6 heteroatoms. The predicted molar refractivity (Wildman–Crippen MR) is 86.2 cm³/mol. The molecule has 23 heavy (non-hydrogen) atoms. The van der Waals surface area contributed by atoms with Crippen LogP contribution < -0.4 is 14.8 Å². The lowest BCUT2D eigenvalue weighted by Gasteiger charge is -2.34. The maximum atomic E-state index is 12.0. The number of fused-ring (bicyclic) bond motifs is 1. The molecule has 6 nitrogen and oxygen atoms in total. The summed E-state index contributed by atoms with van der Waals surface area (Å²) < 4.78 is 10.6. The van der Waals surface area contributed by atoms with Crippen molar-refractivity contribution in [2.45, 2.75) is 46.2 Å². The van der Waals surface area contributed by atoms with Crippen LogP contribution in [0.4, 0.5) is 0 Å². The van der Waals surface area contributed by atoms with E-state index < -0.39 is 0 Å². The maximum Gasteiger partial charge on any atom is 0.231 e. The van der Waals surface area contributed by atoms with Crippen LogP contribution in [-0.4, -0.2) is 35.6 Å². The second-order valence-electron chi connectivity index (χ2n) is 6.56. The minimum absolute atomic E-state index is 0.0268. The van der Waals surface area contributed by atoms with Crippen molar-refractivity contribution >= 4 is 11.8 Å². The van der Waals surface area contributed by atoms with Crippen LogP contribution in [0.1, 0.15) is 39.7 Å². The molecular formula is C17H24N2O4. The minimum Gasteiger partial charge on any atom is -0.454 e. The number of benzene rings is 1. The van der Waals surface area contributed by atoms with E-state index in [0.717, 1.165) is 11.3 Å². The Morgan fingerprint density at radius 3 is 2.57 bits per heavy atom. The molecule has 1 aromatic rings. The Hall–Kier alpha value is -2.24. The smallest absolute Gasteiger partial charge is 0.231 e. The summed E-state index contributed by atoms with van der Waals surface area (Å²) in [6, 6.07) is 5.59. The second-order valence-corrected chi connectivity index (χ2v) is 6.56. The van der Waals surface area contributed by atoms with Gasteiger partial charge in [0.05, 0.1) is 0 Å². The van der Waals surface area contributed by atoms with Crippen molar-refractivity contribution in [1.82, 2.24) is 10.2 Å². The van der Waals surface area contributed by atoms with Crippen LogP contribution >= 0.6 is 0 Å². The van der Waals surface area contributed by atoms with Crippen LogP contribution in [0.5, 0.6) is 11.5 Å². The number of nitrogens with zero attached hydrogens (tertiary/aromatic N) is 1. The van der Waals surface area contributed by atoms with Crippen molar-refractivity contribution in [1.29, 1.82) is 0 Å². The van der Waals surface area contributed by atoms with Crippen molar-refractivity contribution in [2.75, 3.05) is 13.3 Å². The Morgan fingerprint density at radius 1 is 1.22 bits per heavy atom. The summed E-state index contributed by atoms with van der Waals surface area (Å²) in [7, 11) is 0. The Labute approximate surface area is 136 Å². The van der Waals surface area contributed by atoms with Gasteiger partial charge in [-0.1, -0.05) is 6.07 Å². The molecular weight excluding hydrogens is 296 g/mol. The van der Waals surface area contributed by atoms with Crippen LogP contribution in [0, 0.1) is 0 Å². The van der Waals surface area contributed by atoms with Gasteiger partial charge in [-0.2, -0.15) is 0 Å². The van der Waals surface area contributed by atoms with Gasteiger partial charge in [-0.05, 0) is 38.5 Å². The van der Waals surface area contributed by atoms with Gasteiger partial charge in [0.2, 0.25) is 18.6 Å². The first-order valence-corrected chi connectivity index (χ1v) is 7.71. The average Bonchev–Trinajstić information content (AvgIpc) is 2.90. The third-order valence-electron chi connectivity index (χ3n) is 3.68. The van der Waals surface area contributed by atoms with Gasteiger partial charge in [0.15, 0.2) is 11.5 Å². The van der Waals surface area contributed by atoms with E-state index in [-0.39, 0.29) is 30.6 Å². The fraction of sp³-hybridized carbons (Fsp3) is 0.529. The molecule has 1 aliphatic rings. The number of ether oxygens (including phenoxy) is 2. The lowest BCUT2D eigenvalue weighted by atomic mass is 10.1. The van der Waals surface area contributed by atoms with Gasteiger partial charge in [0.1, 0.15) is 0 Å². The normalized spacial score (nSPS) is 12.9. The highest BCUT2D eigenvalue weighted by Crippen LogP contribution is 2.32. The molecule has 1 heterocycles. The van der Waals surface area contributed by atoms with Gasteiger partial charge >= 0.3 is 0 Å². The SMILES string of the molecule is CC(=O)N(CCC(=O)NCc1ccc2c(c1)OCO2)C(C)(C)C. The molecule has 0 spiro atoms. The highest BCUT2D eigenvalue weighted by molar-refractivity contribution is 5.78. The van der Waals surface area contributed by atoms with Crippen LogP contribution in [0.25, 0.3) is 0 Å². The molecule has 2 amide bonds. The lowest BCUT2D eigenvalue weighted by molar-refractivity contribution is -0.134. The molecule has 2 rings (SSSR count). The lowest BCUT2D eigenvalue weighted by Crippen LogP contribution is -2.46. The van der Waals surface area contributed by atoms with E-state index in [2.05, 4.69) is 5.32 Å². The number of hydrogen-bond donors (Lipinski definition) is 1. The number of rotatable bonds is 5. The Morgan fingerprint density at radius 2 is 1.91 bits per heavy atom. The first kappa shape index (κ1) is 17.1. The summed E-state index contributed by atoms with van der Waals surface area (Å²) in [5.41, 5.74) is 0.658. The highest BCUT2D eigenvalue weighted by Gasteiger charge is 2.24. The molecule has 0 saturated carbocycles. The zero-order chi connectivity index (χ0) is 17.0. The molecule has 1 N–H and O–H groups in total. The highest BCUT2D eigenvalue weighted by atomic mass is 16.7. The molecule has 0 radical (unpaired) electrons. The first-order valence-electron chi connectivity index (χ1n) is 7.71. The van der Waals surface area contributed by atoms with Crippen LogP contribution in [0.3, 0.4) is 0 Å². The van der Waals surface area contributed by atoms with E-state index in [0.29, 0.717) is 18.8 Å². The third-order valence-corrected chi connectivity index (χ3v) is 3.68. The monoisotopic (exact) mass is 320 g/mol. The van der Waals surface area contributed by atoms with Gasteiger partial charge in [0, 0.05) is 32.0 Å². The first-order chi connectivity index (χ1) is 10.8. The summed E-state index contributed by atoms with van der Waals surface area (Å²) in [4.78, 5) is 25.4. The van der Waals surface area contributed by atoms with Crippen molar-refractivity contribution in [2.24, 2.45) is 0 Å². The quantitative estimate of drug-likeness (QED) is 0.902. The van der Waals surface area contributed by atoms with Crippen LogP contribution in [-0.2, 0) is 16.1 Å². The van der Waals surface area contributed by atoms with E-state index in [1.54, 1.807) is 4.90 Å². The van der Waals surface area contributed by atoms with Crippen molar-refractivity contribution in [3.63, 3.8) is 0 Å². The second kappa shape index (κ2) is 6.89. The largest absolute Gasteiger partial charge is 0.454 e. The zero-order valence-corrected chi connectivity index (χ0v) is 14.1. The van der Waals surface area contributed by atoms with Crippen molar-refractivity contribution < 1.29 is 19.1 Å². The fourth-order valence-electron chi connectivity index (χ4n) is 2.52. The molecule has 126 valence electrons. The van der Waals surface area contributed by atoms with Gasteiger partial charge in [0.25, 0.3) is 0 Å². The molecule has 0 saturated heterocycles. The third kappa shape index (κ3) is 4.61. The van der Waals surface area contributed by atoms with E-state index in [4.69, 9.17) is 9.47 Å². The number of amides is 2. The Bertz CT molecular complexity index is 593. The number of carbonyl (C=O) groups is 2. The number of hydrogen-bond acceptors (Lipinski definition) is 4. The van der Waals surface area contributed by atoms with E-state index in [1.807, 2.05) is 39.0 Å². The van der Waals surface area contributed by atoms with Gasteiger partial charge in [-0.15, -0.1) is 0 Å².